The normalized spacial score (nSPS) is 24.5. The zero-order chi connectivity index (χ0) is 16.5. The standard InChI is InChI=1S/C18H23N3O3/c1-12-9-13-5-4-6-14(17(13)24-12)19-18(22)20-15-10-23-11-16(15)21-7-2-3-8-21/h4-6,9,15-16H,2-3,7-8,10-11H2,1H3,(H2,19,20,22)/t15-,16-/m1/s1. The minimum atomic E-state index is -0.212. The van der Waals surface area contributed by atoms with Crippen LogP contribution >= 0.6 is 0 Å². The second-order valence-corrected chi connectivity index (χ2v) is 6.63. The maximum absolute atomic E-state index is 12.4. The first kappa shape index (κ1) is 15.5. The number of rotatable bonds is 3. The molecular formula is C18H23N3O3. The van der Waals surface area contributed by atoms with Crippen molar-refractivity contribution in [3.63, 3.8) is 0 Å². The minimum Gasteiger partial charge on any atom is -0.459 e. The van der Waals surface area contributed by atoms with Crippen molar-refractivity contribution in [2.24, 2.45) is 0 Å². The molecule has 0 aliphatic carbocycles. The molecule has 0 radical (unpaired) electrons. The smallest absolute Gasteiger partial charge is 0.319 e. The van der Waals surface area contributed by atoms with Crippen molar-refractivity contribution in [3.8, 4) is 0 Å². The molecular weight excluding hydrogens is 306 g/mol. The third-order valence-corrected chi connectivity index (χ3v) is 4.89. The van der Waals surface area contributed by atoms with Gasteiger partial charge in [0.1, 0.15) is 5.76 Å². The Balaban J connectivity index is 1.44. The molecule has 2 amide bonds. The Labute approximate surface area is 141 Å². The lowest BCUT2D eigenvalue weighted by Crippen LogP contribution is -2.51. The van der Waals surface area contributed by atoms with Crippen LogP contribution in [-0.4, -0.2) is 49.3 Å². The van der Waals surface area contributed by atoms with E-state index < -0.39 is 0 Å². The van der Waals surface area contributed by atoms with Crippen LogP contribution in [-0.2, 0) is 4.74 Å². The average Bonchev–Trinajstić information content (AvgIpc) is 3.26. The molecule has 3 heterocycles. The fourth-order valence-electron chi connectivity index (χ4n) is 3.73. The Morgan fingerprint density at radius 1 is 1.25 bits per heavy atom. The van der Waals surface area contributed by atoms with Gasteiger partial charge < -0.3 is 19.8 Å². The van der Waals surface area contributed by atoms with Crippen LogP contribution in [0.25, 0.3) is 11.0 Å². The first-order chi connectivity index (χ1) is 11.7. The first-order valence-corrected chi connectivity index (χ1v) is 8.59. The van der Waals surface area contributed by atoms with E-state index in [1.807, 2.05) is 31.2 Å². The number of hydrogen-bond donors (Lipinski definition) is 2. The Bertz CT molecular complexity index is 736. The quantitative estimate of drug-likeness (QED) is 0.909. The molecule has 24 heavy (non-hydrogen) atoms. The lowest BCUT2D eigenvalue weighted by molar-refractivity contribution is 0.159. The van der Waals surface area contributed by atoms with Gasteiger partial charge in [0, 0.05) is 5.39 Å². The number of para-hydroxylation sites is 1. The predicted molar refractivity (Wildman–Crippen MR) is 92.3 cm³/mol. The first-order valence-electron chi connectivity index (χ1n) is 8.59. The monoisotopic (exact) mass is 329 g/mol. The zero-order valence-electron chi connectivity index (χ0n) is 13.9. The number of carbonyl (C=O) groups excluding carboxylic acids is 1. The number of nitrogens with one attached hydrogen (secondary N) is 2. The number of aryl methyl sites for hydroxylation is 1. The molecule has 4 rings (SSSR count). The van der Waals surface area contributed by atoms with Crippen molar-refractivity contribution in [2.45, 2.75) is 31.8 Å². The van der Waals surface area contributed by atoms with E-state index >= 15 is 0 Å². The van der Waals surface area contributed by atoms with Crippen LogP contribution in [0.15, 0.2) is 28.7 Å². The summed E-state index contributed by atoms with van der Waals surface area (Å²) in [5.74, 6) is 0.831. The summed E-state index contributed by atoms with van der Waals surface area (Å²) in [7, 11) is 0. The molecule has 1 aromatic carbocycles. The number of anilines is 1. The van der Waals surface area contributed by atoms with E-state index in [-0.39, 0.29) is 18.1 Å². The number of likely N-dealkylation sites (tertiary alicyclic amines) is 1. The Morgan fingerprint density at radius 2 is 2.08 bits per heavy atom. The summed E-state index contributed by atoms with van der Waals surface area (Å²) in [6, 6.07) is 7.80. The third kappa shape index (κ3) is 2.99. The Morgan fingerprint density at radius 3 is 2.92 bits per heavy atom. The molecule has 2 aliphatic heterocycles. The number of fused-ring (bicyclic) bond motifs is 1. The maximum atomic E-state index is 12.4. The van der Waals surface area contributed by atoms with E-state index in [1.54, 1.807) is 0 Å². The molecule has 2 atom stereocenters. The molecule has 2 aromatic rings. The molecule has 0 saturated carbocycles. The fourth-order valence-corrected chi connectivity index (χ4v) is 3.73. The van der Waals surface area contributed by atoms with Crippen LogP contribution in [0.3, 0.4) is 0 Å². The van der Waals surface area contributed by atoms with Crippen molar-refractivity contribution >= 4 is 22.7 Å². The molecule has 0 bridgehead atoms. The lowest BCUT2D eigenvalue weighted by atomic mass is 10.1. The lowest BCUT2D eigenvalue weighted by Gasteiger charge is -2.27. The largest absolute Gasteiger partial charge is 0.459 e. The van der Waals surface area contributed by atoms with E-state index in [0.717, 1.165) is 24.2 Å². The third-order valence-electron chi connectivity index (χ3n) is 4.89. The zero-order valence-corrected chi connectivity index (χ0v) is 13.9. The SMILES string of the molecule is Cc1cc2cccc(NC(=O)N[C@@H]3COC[C@H]3N3CCCC3)c2o1. The fraction of sp³-hybridized carbons (Fsp3) is 0.500. The molecule has 0 unspecified atom stereocenters. The predicted octanol–water partition coefficient (Wildman–Crippen LogP) is 2.73. The van der Waals surface area contributed by atoms with Crippen molar-refractivity contribution in [3.05, 3.63) is 30.0 Å². The minimum absolute atomic E-state index is 0.0284. The van der Waals surface area contributed by atoms with Gasteiger partial charge in [-0.25, -0.2) is 4.79 Å². The van der Waals surface area contributed by atoms with Gasteiger partial charge in [-0.15, -0.1) is 0 Å². The van der Waals surface area contributed by atoms with Crippen LogP contribution in [0.4, 0.5) is 10.5 Å². The molecule has 2 fully saturated rings. The summed E-state index contributed by atoms with van der Waals surface area (Å²) in [6.45, 7) is 5.36. The highest BCUT2D eigenvalue weighted by Crippen LogP contribution is 2.26. The topological polar surface area (TPSA) is 66.7 Å². The molecule has 2 N–H and O–H groups in total. The van der Waals surface area contributed by atoms with E-state index in [1.165, 1.54) is 12.8 Å². The van der Waals surface area contributed by atoms with Gasteiger partial charge in [0.25, 0.3) is 0 Å². The number of nitrogens with zero attached hydrogens (tertiary/aromatic N) is 1. The van der Waals surface area contributed by atoms with Crippen LogP contribution in [0.1, 0.15) is 18.6 Å². The molecule has 6 nitrogen and oxygen atoms in total. The second kappa shape index (κ2) is 6.45. The molecule has 2 saturated heterocycles. The number of hydrogen-bond acceptors (Lipinski definition) is 4. The van der Waals surface area contributed by atoms with Crippen LogP contribution in [0.2, 0.25) is 0 Å². The van der Waals surface area contributed by atoms with Crippen LogP contribution in [0.5, 0.6) is 0 Å². The number of amides is 2. The number of carbonyl (C=O) groups is 1. The van der Waals surface area contributed by atoms with E-state index in [4.69, 9.17) is 9.15 Å². The summed E-state index contributed by atoms with van der Waals surface area (Å²) in [4.78, 5) is 14.9. The highest BCUT2D eigenvalue weighted by molar-refractivity contribution is 5.99. The van der Waals surface area contributed by atoms with Crippen molar-refractivity contribution in [2.75, 3.05) is 31.6 Å². The van der Waals surface area contributed by atoms with E-state index in [0.29, 0.717) is 24.5 Å². The molecule has 1 aromatic heterocycles. The highest BCUT2D eigenvalue weighted by Gasteiger charge is 2.35. The number of benzene rings is 1. The van der Waals surface area contributed by atoms with Gasteiger partial charge in [-0.3, -0.25) is 4.90 Å². The summed E-state index contributed by atoms with van der Waals surface area (Å²) >= 11 is 0. The van der Waals surface area contributed by atoms with Gasteiger partial charge in [-0.2, -0.15) is 0 Å². The maximum Gasteiger partial charge on any atom is 0.319 e. The molecule has 0 spiro atoms. The average molecular weight is 329 g/mol. The molecule has 128 valence electrons. The summed E-state index contributed by atoms with van der Waals surface area (Å²) in [5.41, 5.74) is 1.40. The van der Waals surface area contributed by atoms with Gasteiger partial charge in [0.05, 0.1) is 31.0 Å². The van der Waals surface area contributed by atoms with Gasteiger partial charge in [-0.1, -0.05) is 12.1 Å². The number of furan rings is 1. The number of urea groups is 1. The van der Waals surface area contributed by atoms with Crippen molar-refractivity contribution in [1.29, 1.82) is 0 Å². The van der Waals surface area contributed by atoms with Crippen molar-refractivity contribution < 1.29 is 13.9 Å². The van der Waals surface area contributed by atoms with E-state index in [9.17, 15) is 4.79 Å². The van der Waals surface area contributed by atoms with Crippen molar-refractivity contribution in [1.82, 2.24) is 10.2 Å². The summed E-state index contributed by atoms with van der Waals surface area (Å²) in [6.07, 6.45) is 2.46. The second-order valence-electron chi connectivity index (χ2n) is 6.63. The Hall–Kier alpha value is -2.05. The molecule has 6 heteroatoms. The number of ether oxygens (including phenoxy) is 1. The van der Waals surface area contributed by atoms with Crippen LogP contribution in [0, 0.1) is 6.92 Å². The van der Waals surface area contributed by atoms with Gasteiger partial charge in [0.2, 0.25) is 0 Å². The van der Waals surface area contributed by atoms with Gasteiger partial charge >= 0.3 is 6.03 Å². The highest BCUT2D eigenvalue weighted by atomic mass is 16.5. The van der Waals surface area contributed by atoms with Gasteiger partial charge in [0.15, 0.2) is 5.58 Å². The van der Waals surface area contributed by atoms with Gasteiger partial charge in [-0.05, 0) is 45.0 Å². The summed E-state index contributed by atoms with van der Waals surface area (Å²) < 4.78 is 11.3. The Kier molecular flexibility index (Phi) is 4.16. The summed E-state index contributed by atoms with van der Waals surface area (Å²) in [5, 5.41) is 6.98. The van der Waals surface area contributed by atoms with E-state index in [2.05, 4.69) is 15.5 Å². The van der Waals surface area contributed by atoms with Crippen LogP contribution < -0.4 is 10.6 Å². The molecule has 2 aliphatic rings.